The summed E-state index contributed by atoms with van der Waals surface area (Å²) < 4.78 is 0. The first kappa shape index (κ1) is 13.4. The molecule has 104 valence electrons. The van der Waals surface area contributed by atoms with E-state index in [2.05, 4.69) is 31.3 Å². The molecule has 0 heterocycles. The number of rotatable bonds is 3. The van der Waals surface area contributed by atoms with Gasteiger partial charge in [-0.25, -0.2) is 0 Å². The van der Waals surface area contributed by atoms with Gasteiger partial charge in [-0.2, -0.15) is 0 Å². The quantitative estimate of drug-likeness (QED) is 0.890. The van der Waals surface area contributed by atoms with Crippen LogP contribution in [0.2, 0.25) is 5.02 Å². The summed E-state index contributed by atoms with van der Waals surface area (Å²) in [7, 11) is 0. The second kappa shape index (κ2) is 4.76. The maximum absolute atomic E-state index is 9.36. The molecule has 0 aliphatic heterocycles. The topological polar surface area (TPSA) is 32.3 Å². The number of aliphatic hydroxyl groups excluding tert-OH is 1. The van der Waals surface area contributed by atoms with Crippen molar-refractivity contribution in [3.63, 3.8) is 0 Å². The molecule has 2 aliphatic rings. The number of nitrogens with one attached hydrogen (secondary N) is 1. The van der Waals surface area contributed by atoms with E-state index in [9.17, 15) is 5.11 Å². The first-order valence-corrected chi connectivity index (χ1v) is 7.53. The standard InChI is InChI=1S/C16H22ClNO/c1-16(2)8-11-3-4-12(17)7-14(11)15(16)18-9-10-5-13(19)6-10/h3-4,7,10,13,15,18-19H,5-6,8-9H2,1-2H3. The average molecular weight is 280 g/mol. The molecule has 2 nitrogen and oxygen atoms in total. The van der Waals surface area contributed by atoms with Crippen LogP contribution >= 0.6 is 11.6 Å². The molecule has 1 aromatic rings. The molecule has 2 N–H and O–H groups in total. The Morgan fingerprint density at radius 2 is 2.11 bits per heavy atom. The van der Waals surface area contributed by atoms with Crippen LogP contribution in [-0.4, -0.2) is 17.8 Å². The predicted octanol–water partition coefficient (Wildman–Crippen LogP) is 3.32. The monoisotopic (exact) mass is 279 g/mol. The Morgan fingerprint density at radius 1 is 1.37 bits per heavy atom. The van der Waals surface area contributed by atoms with Crippen LogP contribution in [0.5, 0.6) is 0 Å². The highest BCUT2D eigenvalue weighted by Crippen LogP contribution is 2.46. The van der Waals surface area contributed by atoms with Gasteiger partial charge in [0.15, 0.2) is 0 Å². The summed E-state index contributed by atoms with van der Waals surface area (Å²) in [4.78, 5) is 0. The van der Waals surface area contributed by atoms with Crippen LogP contribution in [0.15, 0.2) is 18.2 Å². The molecule has 3 rings (SSSR count). The Bertz CT molecular complexity index is 480. The molecule has 0 amide bonds. The van der Waals surface area contributed by atoms with E-state index in [1.165, 1.54) is 11.1 Å². The lowest BCUT2D eigenvalue weighted by Crippen LogP contribution is -2.40. The fourth-order valence-corrected chi connectivity index (χ4v) is 3.73. The fraction of sp³-hybridized carbons (Fsp3) is 0.625. The summed E-state index contributed by atoms with van der Waals surface area (Å²) in [6.07, 6.45) is 2.93. The van der Waals surface area contributed by atoms with Gasteiger partial charge in [0.2, 0.25) is 0 Å². The Balaban J connectivity index is 1.74. The first-order chi connectivity index (χ1) is 8.95. The highest BCUT2D eigenvalue weighted by Gasteiger charge is 2.39. The minimum absolute atomic E-state index is 0.0647. The summed E-state index contributed by atoms with van der Waals surface area (Å²) in [6.45, 7) is 5.62. The Kier molecular flexibility index (Phi) is 3.36. The summed E-state index contributed by atoms with van der Waals surface area (Å²) in [5.41, 5.74) is 3.01. The fourth-order valence-electron chi connectivity index (χ4n) is 3.55. The molecule has 0 radical (unpaired) electrons. The van der Waals surface area contributed by atoms with Gasteiger partial charge in [-0.3, -0.25) is 0 Å². The van der Waals surface area contributed by atoms with Gasteiger partial charge in [0.25, 0.3) is 0 Å². The second-order valence-corrected chi connectivity index (χ2v) is 7.28. The van der Waals surface area contributed by atoms with E-state index in [1.807, 2.05) is 6.07 Å². The molecule has 0 aromatic heterocycles. The highest BCUT2D eigenvalue weighted by atomic mass is 35.5. The van der Waals surface area contributed by atoms with Crippen molar-refractivity contribution in [2.45, 2.75) is 45.3 Å². The van der Waals surface area contributed by atoms with Crippen molar-refractivity contribution in [1.82, 2.24) is 5.32 Å². The summed E-state index contributed by atoms with van der Waals surface area (Å²) in [5, 5.41) is 13.9. The van der Waals surface area contributed by atoms with Gasteiger partial charge in [-0.15, -0.1) is 0 Å². The van der Waals surface area contributed by atoms with Crippen molar-refractivity contribution < 1.29 is 5.11 Å². The van der Waals surface area contributed by atoms with Crippen LogP contribution in [-0.2, 0) is 6.42 Å². The van der Waals surface area contributed by atoms with Crippen LogP contribution in [0.4, 0.5) is 0 Å². The van der Waals surface area contributed by atoms with Crippen LogP contribution in [0.3, 0.4) is 0 Å². The molecule has 0 bridgehead atoms. The molecule has 0 spiro atoms. The SMILES string of the molecule is CC1(C)Cc2ccc(Cl)cc2C1NCC1CC(O)C1. The van der Waals surface area contributed by atoms with Crippen molar-refractivity contribution in [3.05, 3.63) is 34.3 Å². The first-order valence-electron chi connectivity index (χ1n) is 7.15. The number of hydrogen-bond donors (Lipinski definition) is 2. The van der Waals surface area contributed by atoms with Crippen LogP contribution in [0.25, 0.3) is 0 Å². The number of benzene rings is 1. The highest BCUT2D eigenvalue weighted by molar-refractivity contribution is 6.30. The van der Waals surface area contributed by atoms with E-state index in [1.54, 1.807) is 0 Å². The van der Waals surface area contributed by atoms with E-state index in [0.717, 1.165) is 30.8 Å². The van der Waals surface area contributed by atoms with Gasteiger partial charge >= 0.3 is 0 Å². The molecule has 2 aliphatic carbocycles. The molecule has 1 unspecified atom stereocenters. The smallest absolute Gasteiger partial charge is 0.0546 e. The van der Waals surface area contributed by atoms with E-state index in [-0.39, 0.29) is 11.5 Å². The molecular formula is C16H22ClNO. The molecule has 19 heavy (non-hydrogen) atoms. The average Bonchev–Trinajstić information content (AvgIpc) is 2.53. The summed E-state index contributed by atoms with van der Waals surface area (Å²) in [5.74, 6) is 0.633. The van der Waals surface area contributed by atoms with Gasteiger partial charge < -0.3 is 10.4 Å². The van der Waals surface area contributed by atoms with Gasteiger partial charge in [0.1, 0.15) is 0 Å². The molecular weight excluding hydrogens is 258 g/mol. The zero-order chi connectivity index (χ0) is 13.6. The second-order valence-electron chi connectivity index (χ2n) is 6.84. The number of aliphatic hydroxyl groups is 1. The van der Waals surface area contributed by atoms with Crippen molar-refractivity contribution >= 4 is 11.6 Å². The van der Waals surface area contributed by atoms with Crippen molar-refractivity contribution in [1.29, 1.82) is 0 Å². The van der Waals surface area contributed by atoms with Gasteiger partial charge in [0.05, 0.1) is 6.10 Å². The van der Waals surface area contributed by atoms with E-state index in [0.29, 0.717) is 12.0 Å². The van der Waals surface area contributed by atoms with E-state index in [4.69, 9.17) is 11.6 Å². The molecule has 1 saturated carbocycles. The molecule has 1 atom stereocenters. The normalized spacial score (nSPS) is 31.9. The summed E-state index contributed by atoms with van der Waals surface area (Å²) >= 11 is 6.14. The van der Waals surface area contributed by atoms with Crippen molar-refractivity contribution in [3.8, 4) is 0 Å². The third-order valence-electron chi connectivity index (χ3n) is 4.67. The third kappa shape index (κ3) is 2.54. The zero-order valence-electron chi connectivity index (χ0n) is 11.6. The van der Waals surface area contributed by atoms with Crippen LogP contribution in [0, 0.1) is 11.3 Å². The van der Waals surface area contributed by atoms with Crippen LogP contribution < -0.4 is 5.32 Å². The Hall–Kier alpha value is -0.570. The van der Waals surface area contributed by atoms with Crippen molar-refractivity contribution in [2.75, 3.05) is 6.54 Å². The number of fused-ring (bicyclic) bond motifs is 1. The number of halogens is 1. The molecule has 1 fully saturated rings. The van der Waals surface area contributed by atoms with E-state index < -0.39 is 0 Å². The molecule has 1 aromatic carbocycles. The maximum Gasteiger partial charge on any atom is 0.0546 e. The Morgan fingerprint density at radius 3 is 2.79 bits per heavy atom. The van der Waals surface area contributed by atoms with Crippen molar-refractivity contribution in [2.24, 2.45) is 11.3 Å². The van der Waals surface area contributed by atoms with Crippen LogP contribution in [0.1, 0.15) is 43.9 Å². The zero-order valence-corrected chi connectivity index (χ0v) is 12.4. The maximum atomic E-state index is 9.36. The molecule has 0 saturated heterocycles. The predicted molar refractivity (Wildman–Crippen MR) is 78.4 cm³/mol. The third-order valence-corrected chi connectivity index (χ3v) is 4.90. The minimum atomic E-state index is -0.0647. The van der Waals surface area contributed by atoms with Gasteiger partial charge in [-0.05, 0) is 60.4 Å². The Labute approximate surface area is 120 Å². The lowest BCUT2D eigenvalue weighted by molar-refractivity contribution is 0.0398. The lowest BCUT2D eigenvalue weighted by Gasteiger charge is -2.35. The van der Waals surface area contributed by atoms with E-state index >= 15 is 0 Å². The number of hydrogen-bond acceptors (Lipinski definition) is 2. The van der Waals surface area contributed by atoms with Gasteiger partial charge in [-0.1, -0.05) is 31.5 Å². The largest absolute Gasteiger partial charge is 0.393 e. The lowest BCUT2D eigenvalue weighted by atomic mass is 9.81. The molecule has 3 heteroatoms. The summed E-state index contributed by atoms with van der Waals surface area (Å²) in [6, 6.07) is 6.63. The van der Waals surface area contributed by atoms with Gasteiger partial charge in [0, 0.05) is 11.1 Å². The minimum Gasteiger partial charge on any atom is -0.393 e.